The monoisotopic (exact) mass is 802 g/mol. The highest BCUT2D eigenvalue weighted by Crippen LogP contribution is 2.35. The number of imidazole rings is 2. The van der Waals surface area contributed by atoms with Crippen LogP contribution in [0.3, 0.4) is 0 Å². The molecule has 0 radical (unpaired) electrons. The number of halogens is 2. The van der Waals surface area contributed by atoms with E-state index in [2.05, 4.69) is 30.6 Å². The van der Waals surface area contributed by atoms with Gasteiger partial charge in [0.25, 0.3) is 0 Å². The normalized spacial score (nSPS) is 17.7. The molecule has 16 heteroatoms. The van der Waals surface area contributed by atoms with Crippen molar-refractivity contribution >= 4 is 24.0 Å². The Labute approximate surface area is 336 Å². The molecule has 4 N–H and O–H groups in total. The Morgan fingerprint density at radius 1 is 0.655 bits per heavy atom. The first-order valence-electron chi connectivity index (χ1n) is 19.9. The minimum atomic E-state index is -0.819. The fourth-order valence-electron chi connectivity index (χ4n) is 7.60. The zero-order valence-corrected chi connectivity index (χ0v) is 33.3. The second kappa shape index (κ2) is 19.1. The lowest BCUT2D eigenvalue weighted by atomic mass is 10.0. The Balaban J connectivity index is 1.09. The van der Waals surface area contributed by atoms with Crippen LogP contribution in [0.5, 0.6) is 0 Å². The Morgan fingerprint density at radius 3 is 1.36 bits per heavy atom. The number of benzene rings is 2. The second-order valence-electron chi connectivity index (χ2n) is 15.3. The standard InChI is InChI=1S/C42H52F2N8O6/c1-25(2)35(49-41(55)57-21-17-43)39(53)51-19-5-7-33(51)37-45-23-31(47-37)29-13-9-27(10-14-29)28-11-15-30(16-12-28)32-24-46-38(48-32)34-8-6-20-52(34)40(54)36(26(3)4)50-42(56)58-22-18-44/h9-16,23-26,33-36H,5-8,17-22H2,1-4H3,(H,45,47)(H,46,48)(H,49,55)(H,50,56)/t33-,34-,35-,36?/m0/s1. The Hall–Kier alpha value is -5.80. The molecule has 2 aromatic heterocycles. The molecule has 4 atom stereocenters. The molecule has 2 saturated heterocycles. The van der Waals surface area contributed by atoms with Crippen molar-refractivity contribution in [2.45, 2.75) is 77.5 Å². The van der Waals surface area contributed by atoms with Gasteiger partial charge in [-0.2, -0.15) is 0 Å². The van der Waals surface area contributed by atoms with Gasteiger partial charge in [0, 0.05) is 13.1 Å². The summed E-state index contributed by atoms with van der Waals surface area (Å²) in [6, 6.07) is 14.0. The van der Waals surface area contributed by atoms with Crippen molar-refractivity contribution in [3.05, 3.63) is 72.6 Å². The molecule has 0 bridgehead atoms. The number of carbonyl (C=O) groups is 4. The number of aromatic amines is 2. The van der Waals surface area contributed by atoms with Crippen LogP contribution in [-0.4, -0.2) is 105 Å². The van der Waals surface area contributed by atoms with E-state index in [0.717, 1.165) is 59.3 Å². The summed E-state index contributed by atoms with van der Waals surface area (Å²) in [5, 5.41) is 5.21. The van der Waals surface area contributed by atoms with Gasteiger partial charge in [-0.15, -0.1) is 0 Å². The number of nitrogens with zero attached hydrogens (tertiary/aromatic N) is 4. The average molecular weight is 803 g/mol. The van der Waals surface area contributed by atoms with Crippen molar-refractivity contribution in [3.8, 4) is 33.6 Å². The SMILES string of the molecule is CC(C)C(NC(=O)OCCF)C(=O)N1CCC[C@H]1c1ncc(-c2ccc(-c3ccc(-c4cnc([C@@H]5CCCN5C(=O)[C@@H](NC(=O)OCCF)C(C)C)[nH]4)cc3)cc2)[nH]1. The summed E-state index contributed by atoms with van der Waals surface area (Å²) in [6.07, 6.45) is 4.92. The lowest BCUT2D eigenvalue weighted by Crippen LogP contribution is -2.51. The summed E-state index contributed by atoms with van der Waals surface area (Å²) >= 11 is 0. The van der Waals surface area contributed by atoms with Gasteiger partial charge in [-0.05, 0) is 59.8 Å². The third kappa shape index (κ3) is 9.65. The highest BCUT2D eigenvalue weighted by molar-refractivity contribution is 5.87. The molecular formula is C42H52F2N8O6. The molecule has 2 aromatic carbocycles. The fraction of sp³-hybridized carbons (Fsp3) is 0.476. The van der Waals surface area contributed by atoms with E-state index < -0.39 is 37.6 Å². The maximum absolute atomic E-state index is 13.6. The van der Waals surface area contributed by atoms with Crippen LogP contribution in [-0.2, 0) is 19.1 Å². The number of hydrogen-bond donors (Lipinski definition) is 4. The largest absolute Gasteiger partial charge is 0.447 e. The average Bonchev–Trinajstić information content (AvgIpc) is 4.07. The van der Waals surface area contributed by atoms with Gasteiger partial charge < -0.3 is 39.9 Å². The number of ether oxygens (including phenoxy) is 2. The molecule has 0 saturated carbocycles. The summed E-state index contributed by atoms with van der Waals surface area (Å²) in [5.74, 6) is 0.466. The van der Waals surface area contributed by atoms with Crippen molar-refractivity contribution in [3.63, 3.8) is 0 Å². The number of alkyl carbamates (subject to hydrolysis) is 2. The second-order valence-corrected chi connectivity index (χ2v) is 15.3. The third-order valence-electron chi connectivity index (χ3n) is 10.7. The number of alkyl halides is 2. The van der Waals surface area contributed by atoms with Gasteiger partial charge in [-0.3, -0.25) is 9.59 Å². The first-order chi connectivity index (χ1) is 28.0. The van der Waals surface area contributed by atoms with Crippen LogP contribution >= 0.6 is 0 Å². The van der Waals surface area contributed by atoms with E-state index in [1.807, 2.05) is 76.2 Å². The number of carbonyl (C=O) groups excluding carboxylic acids is 4. The number of likely N-dealkylation sites (tertiary alicyclic amines) is 2. The molecule has 2 aliphatic heterocycles. The minimum Gasteiger partial charge on any atom is -0.447 e. The Morgan fingerprint density at radius 2 is 1.02 bits per heavy atom. The van der Waals surface area contributed by atoms with Gasteiger partial charge in [0.15, 0.2) is 0 Å². The lowest BCUT2D eigenvalue weighted by molar-refractivity contribution is -0.136. The number of amides is 4. The highest BCUT2D eigenvalue weighted by Gasteiger charge is 2.39. The number of H-pyrrole nitrogens is 2. The molecule has 58 heavy (non-hydrogen) atoms. The quantitative estimate of drug-likeness (QED) is 0.100. The molecule has 4 aromatic rings. The molecule has 14 nitrogen and oxygen atoms in total. The van der Waals surface area contributed by atoms with Gasteiger partial charge in [-0.25, -0.2) is 28.3 Å². The zero-order valence-electron chi connectivity index (χ0n) is 33.3. The predicted molar refractivity (Wildman–Crippen MR) is 213 cm³/mol. The molecule has 2 fully saturated rings. The molecule has 310 valence electrons. The van der Waals surface area contributed by atoms with Crippen LogP contribution in [0, 0.1) is 11.8 Å². The van der Waals surface area contributed by atoms with Crippen molar-refractivity contribution in [1.29, 1.82) is 0 Å². The van der Waals surface area contributed by atoms with E-state index >= 15 is 0 Å². The van der Waals surface area contributed by atoms with E-state index in [1.54, 1.807) is 22.2 Å². The van der Waals surface area contributed by atoms with Crippen molar-refractivity contribution in [2.24, 2.45) is 11.8 Å². The fourth-order valence-corrected chi connectivity index (χ4v) is 7.60. The maximum atomic E-state index is 13.6. The molecule has 4 amide bonds. The third-order valence-corrected chi connectivity index (χ3v) is 10.7. The molecular weight excluding hydrogens is 751 g/mol. The van der Waals surface area contributed by atoms with Gasteiger partial charge in [0.05, 0.1) is 35.9 Å². The number of nitrogens with one attached hydrogen (secondary N) is 4. The van der Waals surface area contributed by atoms with E-state index in [1.165, 1.54) is 0 Å². The van der Waals surface area contributed by atoms with Gasteiger partial charge >= 0.3 is 12.2 Å². The smallest absolute Gasteiger partial charge is 0.407 e. The molecule has 4 heterocycles. The van der Waals surface area contributed by atoms with Crippen LogP contribution in [0.2, 0.25) is 0 Å². The zero-order chi connectivity index (χ0) is 41.3. The highest BCUT2D eigenvalue weighted by atomic mass is 19.1. The van der Waals surface area contributed by atoms with Crippen LogP contribution < -0.4 is 10.6 Å². The number of hydrogen-bond acceptors (Lipinski definition) is 8. The maximum Gasteiger partial charge on any atom is 0.407 e. The number of rotatable bonds is 15. The first kappa shape index (κ1) is 41.8. The Bertz CT molecular complexity index is 1870. The van der Waals surface area contributed by atoms with Gasteiger partial charge in [0.1, 0.15) is 50.3 Å². The van der Waals surface area contributed by atoms with Crippen molar-refractivity contribution in [1.82, 2.24) is 40.4 Å². The van der Waals surface area contributed by atoms with Crippen LogP contribution in [0.15, 0.2) is 60.9 Å². The topological polar surface area (TPSA) is 175 Å². The minimum absolute atomic E-state index is 0.205. The Kier molecular flexibility index (Phi) is 13.8. The van der Waals surface area contributed by atoms with Crippen LogP contribution in [0.25, 0.3) is 33.6 Å². The van der Waals surface area contributed by atoms with Crippen LogP contribution in [0.1, 0.15) is 77.1 Å². The molecule has 2 aliphatic rings. The lowest BCUT2D eigenvalue weighted by Gasteiger charge is -2.30. The first-order valence-corrected chi connectivity index (χ1v) is 19.9. The van der Waals surface area contributed by atoms with Crippen LogP contribution in [0.4, 0.5) is 18.4 Å². The summed E-state index contributed by atoms with van der Waals surface area (Å²) in [5.41, 5.74) is 5.54. The molecule has 1 unspecified atom stereocenters. The van der Waals surface area contributed by atoms with Crippen molar-refractivity contribution in [2.75, 3.05) is 39.7 Å². The predicted octanol–water partition coefficient (Wildman–Crippen LogP) is 6.90. The van der Waals surface area contributed by atoms with E-state index in [9.17, 15) is 28.0 Å². The van der Waals surface area contributed by atoms with E-state index in [4.69, 9.17) is 9.47 Å². The summed E-state index contributed by atoms with van der Waals surface area (Å²) in [7, 11) is 0. The summed E-state index contributed by atoms with van der Waals surface area (Å²) < 4.78 is 34.6. The van der Waals surface area contributed by atoms with Gasteiger partial charge in [-0.1, -0.05) is 76.2 Å². The number of aromatic nitrogens is 4. The summed E-state index contributed by atoms with van der Waals surface area (Å²) in [4.78, 5) is 71.1. The summed E-state index contributed by atoms with van der Waals surface area (Å²) in [6.45, 7) is 6.08. The van der Waals surface area contributed by atoms with E-state index in [0.29, 0.717) is 24.7 Å². The van der Waals surface area contributed by atoms with Crippen molar-refractivity contribution < 1.29 is 37.4 Å². The van der Waals surface area contributed by atoms with Gasteiger partial charge in [0.2, 0.25) is 11.8 Å². The molecule has 0 aliphatic carbocycles. The molecule has 6 rings (SSSR count). The van der Waals surface area contributed by atoms with E-state index in [-0.39, 0.29) is 48.9 Å². The molecule has 0 spiro atoms.